The highest BCUT2D eigenvalue weighted by Gasteiger charge is 2.46. The van der Waals surface area contributed by atoms with Crippen LogP contribution in [0.1, 0.15) is 44.1 Å². The number of amides is 1. The zero-order valence-electron chi connectivity index (χ0n) is 13.2. The third-order valence-corrected chi connectivity index (χ3v) is 5.74. The van der Waals surface area contributed by atoms with Crippen LogP contribution in [0.3, 0.4) is 0 Å². The average molecular weight is 299 g/mol. The van der Waals surface area contributed by atoms with Gasteiger partial charge in [0.15, 0.2) is 0 Å². The topological polar surface area (TPSA) is 36.4 Å². The highest BCUT2D eigenvalue weighted by atomic mass is 16.2. The molecular weight excluding hydrogens is 274 g/mol. The van der Waals surface area contributed by atoms with Crippen molar-refractivity contribution in [2.45, 2.75) is 50.6 Å². The number of hydrogen-bond donors (Lipinski definition) is 0. The minimum absolute atomic E-state index is 0.118. The van der Waals surface area contributed by atoms with E-state index >= 15 is 0 Å². The largest absolute Gasteiger partial charge is 0.333 e. The van der Waals surface area contributed by atoms with Gasteiger partial charge < -0.3 is 9.80 Å². The molecule has 4 rings (SSSR count). The Labute approximate surface area is 132 Å². The zero-order chi connectivity index (χ0) is 15.0. The summed E-state index contributed by atoms with van der Waals surface area (Å²) in [4.78, 5) is 21.4. The van der Waals surface area contributed by atoms with E-state index in [4.69, 9.17) is 0 Å². The number of piperidine rings is 1. The Balaban J connectivity index is 1.44. The van der Waals surface area contributed by atoms with Crippen LogP contribution in [0.2, 0.25) is 0 Å². The lowest BCUT2D eigenvalue weighted by Crippen LogP contribution is -2.53. The summed E-state index contributed by atoms with van der Waals surface area (Å²) in [6, 6.07) is 4.04. The van der Waals surface area contributed by atoms with Crippen LogP contribution in [0.15, 0.2) is 24.5 Å². The van der Waals surface area contributed by atoms with Gasteiger partial charge in [-0.1, -0.05) is 6.07 Å². The second-order valence-corrected chi connectivity index (χ2v) is 7.31. The molecule has 1 aliphatic carbocycles. The fourth-order valence-corrected chi connectivity index (χ4v) is 4.14. The Hall–Kier alpha value is -1.42. The Morgan fingerprint density at radius 2 is 2.05 bits per heavy atom. The van der Waals surface area contributed by atoms with Crippen LogP contribution in [-0.4, -0.2) is 45.9 Å². The molecule has 1 aromatic heterocycles. The van der Waals surface area contributed by atoms with Crippen molar-refractivity contribution in [2.24, 2.45) is 5.92 Å². The molecule has 1 aromatic rings. The fourth-order valence-electron chi connectivity index (χ4n) is 4.14. The van der Waals surface area contributed by atoms with Crippen molar-refractivity contribution in [3.05, 3.63) is 30.1 Å². The maximum Gasteiger partial charge on any atom is 0.223 e. The lowest BCUT2D eigenvalue weighted by molar-refractivity contribution is -0.133. The predicted octanol–water partition coefficient (Wildman–Crippen LogP) is 2.45. The van der Waals surface area contributed by atoms with Crippen molar-refractivity contribution in [3.8, 4) is 0 Å². The predicted molar refractivity (Wildman–Crippen MR) is 85.2 cm³/mol. The molecular formula is C18H25N3O. The van der Waals surface area contributed by atoms with Gasteiger partial charge in [0.2, 0.25) is 5.91 Å². The van der Waals surface area contributed by atoms with E-state index in [1.807, 2.05) is 12.3 Å². The summed E-state index contributed by atoms with van der Waals surface area (Å²) in [5.41, 5.74) is 1.27. The quantitative estimate of drug-likeness (QED) is 0.857. The Kier molecular flexibility index (Phi) is 3.65. The Bertz CT molecular complexity index is 533. The summed E-state index contributed by atoms with van der Waals surface area (Å²) < 4.78 is 0. The van der Waals surface area contributed by atoms with Crippen molar-refractivity contribution >= 4 is 5.91 Å². The molecule has 3 fully saturated rings. The Morgan fingerprint density at radius 1 is 1.23 bits per heavy atom. The molecule has 0 atom stereocenters. The summed E-state index contributed by atoms with van der Waals surface area (Å²) in [6.45, 7) is 4.34. The molecule has 3 aliphatic rings. The maximum atomic E-state index is 12.4. The van der Waals surface area contributed by atoms with Crippen LogP contribution in [0.4, 0.5) is 0 Å². The number of hydrogen-bond acceptors (Lipinski definition) is 3. The van der Waals surface area contributed by atoms with E-state index in [-0.39, 0.29) is 5.54 Å². The number of likely N-dealkylation sites (tertiary alicyclic amines) is 2. The van der Waals surface area contributed by atoms with E-state index in [1.165, 1.54) is 19.4 Å². The summed E-state index contributed by atoms with van der Waals surface area (Å²) in [5, 5.41) is 0. The van der Waals surface area contributed by atoms with Gasteiger partial charge >= 0.3 is 0 Å². The lowest BCUT2D eigenvalue weighted by Gasteiger charge is -2.45. The fraction of sp³-hybridized carbons (Fsp3) is 0.667. The normalized spacial score (nSPS) is 25.1. The second kappa shape index (κ2) is 5.65. The molecule has 2 saturated heterocycles. The van der Waals surface area contributed by atoms with Gasteiger partial charge in [0.25, 0.3) is 0 Å². The first-order valence-corrected chi connectivity index (χ1v) is 8.67. The molecule has 1 saturated carbocycles. The third kappa shape index (κ3) is 2.76. The molecule has 4 heteroatoms. The van der Waals surface area contributed by atoms with Gasteiger partial charge in [-0.25, -0.2) is 0 Å². The van der Waals surface area contributed by atoms with Crippen LogP contribution >= 0.6 is 0 Å². The zero-order valence-corrected chi connectivity index (χ0v) is 13.2. The van der Waals surface area contributed by atoms with E-state index in [1.54, 1.807) is 6.20 Å². The molecule has 1 amide bonds. The van der Waals surface area contributed by atoms with Crippen LogP contribution in [0.25, 0.3) is 0 Å². The number of pyridine rings is 1. The van der Waals surface area contributed by atoms with E-state index in [0.29, 0.717) is 5.91 Å². The SMILES string of the molecule is O=C1CCC2(CCN(CC3CC3)CC2)N1Cc1cccnc1. The molecule has 0 bridgehead atoms. The number of rotatable bonds is 4. The smallest absolute Gasteiger partial charge is 0.223 e. The molecule has 1 spiro atoms. The van der Waals surface area contributed by atoms with Gasteiger partial charge in [0, 0.05) is 50.5 Å². The Morgan fingerprint density at radius 3 is 2.73 bits per heavy atom. The van der Waals surface area contributed by atoms with Gasteiger partial charge in [-0.3, -0.25) is 9.78 Å². The van der Waals surface area contributed by atoms with Crippen LogP contribution in [0, 0.1) is 5.92 Å². The van der Waals surface area contributed by atoms with Gasteiger partial charge in [0.1, 0.15) is 0 Å². The highest BCUT2D eigenvalue weighted by Crippen LogP contribution is 2.41. The van der Waals surface area contributed by atoms with Gasteiger partial charge in [0.05, 0.1) is 0 Å². The van der Waals surface area contributed by atoms with Crippen molar-refractivity contribution in [2.75, 3.05) is 19.6 Å². The summed E-state index contributed by atoms with van der Waals surface area (Å²) in [6.07, 6.45) is 10.6. The molecule has 3 heterocycles. The van der Waals surface area contributed by atoms with Crippen LogP contribution in [0.5, 0.6) is 0 Å². The van der Waals surface area contributed by atoms with Crippen LogP contribution < -0.4 is 0 Å². The maximum absolute atomic E-state index is 12.4. The van der Waals surface area contributed by atoms with Gasteiger partial charge in [-0.05, 0) is 49.7 Å². The lowest BCUT2D eigenvalue weighted by atomic mass is 9.84. The monoisotopic (exact) mass is 299 g/mol. The molecule has 0 N–H and O–H groups in total. The number of carbonyl (C=O) groups is 1. The van der Waals surface area contributed by atoms with Crippen molar-refractivity contribution in [1.82, 2.24) is 14.8 Å². The number of nitrogens with zero attached hydrogens (tertiary/aromatic N) is 3. The van der Waals surface area contributed by atoms with Gasteiger partial charge in [-0.15, -0.1) is 0 Å². The molecule has 4 nitrogen and oxygen atoms in total. The van der Waals surface area contributed by atoms with Crippen LogP contribution in [-0.2, 0) is 11.3 Å². The second-order valence-electron chi connectivity index (χ2n) is 7.31. The van der Waals surface area contributed by atoms with Gasteiger partial charge in [-0.2, -0.15) is 0 Å². The summed E-state index contributed by atoms with van der Waals surface area (Å²) >= 11 is 0. The molecule has 0 aromatic carbocycles. The average Bonchev–Trinajstić information content (AvgIpc) is 3.32. The summed E-state index contributed by atoms with van der Waals surface area (Å²) in [7, 11) is 0. The van der Waals surface area contributed by atoms with E-state index in [2.05, 4.69) is 20.9 Å². The number of carbonyl (C=O) groups excluding carboxylic acids is 1. The molecule has 0 unspecified atom stereocenters. The first-order chi connectivity index (χ1) is 10.8. The minimum Gasteiger partial charge on any atom is -0.333 e. The molecule has 2 aliphatic heterocycles. The minimum atomic E-state index is 0.118. The van der Waals surface area contributed by atoms with E-state index < -0.39 is 0 Å². The third-order valence-electron chi connectivity index (χ3n) is 5.74. The summed E-state index contributed by atoms with van der Waals surface area (Å²) in [5.74, 6) is 1.30. The van der Waals surface area contributed by atoms with E-state index in [9.17, 15) is 4.79 Å². The standard InChI is InChI=1S/C18H25N3O/c22-17-5-6-18(21(17)14-16-2-1-9-19-12-16)7-10-20(11-8-18)13-15-3-4-15/h1-2,9,12,15H,3-8,10-11,13-14H2. The first-order valence-electron chi connectivity index (χ1n) is 8.67. The van der Waals surface area contributed by atoms with Crippen molar-refractivity contribution < 1.29 is 4.79 Å². The van der Waals surface area contributed by atoms with Crippen molar-refractivity contribution in [1.29, 1.82) is 0 Å². The first kappa shape index (κ1) is 14.2. The van der Waals surface area contributed by atoms with E-state index in [0.717, 1.165) is 56.8 Å². The highest BCUT2D eigenvalue weighted by molar-refractivity contribution is 5.79. The number of aromatic nitrogens is 1. The van der Waals surface area contributed by atoms with Crippen molar-refractivity contribution in [3.63, 3.8) is 0 Å². The molecule has 118 valence electrons. The molecule has 0 radical (unpaired) electrons. The molecule has 22 heavy (non-hydrogen) atoms.